The number of carbonyl (C=O) groups is 2. The van der Waals surface area contributed by atoms with Crippen molar-refractivity contribution in [3.05, 3.63) is 65.2 Å². The van der Waals surface area contributed by atoms with Crippen LogP contribution in [-0.2, 0) is 4.79 Å². The zero-order valence-electron chi connectivity index (χ0n) is 15.9. The van der Waals surface area contributed by atoms with Crippen molar-refractivity contribution in [1.29, 1.82) is 0 Å². The number of aliphatic carboxylic acids is 1. The van der Waals surface area contributed by atoms with E-state index in [1.54, 1.807) is 38.1 Å². The van der Waals surface area contributed by atoms with E-state index in [0.29, 0.717) is 16.8 Å². The first-order chi connectivity index (χ1) is 13.8. The Kier molecular flexibility index (Phi) is 8.49. The Bertz CT molecular complexity index is 946. The fraction of sp³-hybridized carbons (Fsp3) is 0.250. The predicted octanol–water partition coefficient (Wildman–Crippen LogP) is 2.75. The highest BCUT2D eigenvalue weighted by Gasteiger charge is 2.38. The van der Waals surface area contributed by atoms with Gasteiger partial charge in [0.2, 0.25) is 0 Å². The summed E-state index contributed by atoms with van der Waals surface area (Å²) in [6.07, 6.45) is -3.67. The van der Waals surface area contributed by atoms with Crippen LogP contribution in [0.2, 0.25) is 0 Å². The zero-order valence-corrected chi connectivity index (χ0v) is 15.9. The molecule has 1 aromatic heterocycles. The van der Waals surface area contributed by atoms with E-state index in [4.69, 9.17) is 15.0 Å². The number of carbonyl (C=O) groups excluding carboxylic acids is 1. The van der Waals surface area contributed by atoms with Crippen LogP contribution in [0.25, 0.3) is 0 Å². The normalized spacial score (nSPS) is 10.8. The largest absolute Gasteiger partial charge is 0.490 e. The summed E-state index contributed by atoms with van der Waals surface area (Å²) >= 11 is 0. The molecule has 0 fully saturated rings. The molecule has 0 unspecified atom stereocenters. The maximum absolute atomic E-state index is 13.1. The maximum atomic E-state index is 13.1. The minimum absolute atomic E-state index is 0.163. The number of carboxylic acids is 1. The number of hydrogen-bond acceptors (Lipinski definition) is 4. The Balaban J connectivity index is 0.000000553. The molecule has 30 heavy (non-hydrogen) atoms. The monoisotopic (exact) mass is 426 g/mol. The molecular weight excluding hydrogens is 408 g/mol. The molecule has 6 nitrogen and oxygen atoms in total. The smallest absolute Gasteiger partial charge is 0.475 e. The zero-order chi connectivity index (χ0) is 22.9. The van der Waals surface area contributed by atoms with Crippen LogP contribution in [0, 0.1) is 17.7 Å². The average molecular weight is 426 g/mol. The number of aromatic nitrogens is 1. The summed E-state index contributed by atoms with van der Waals surface area (Å²) in [6, 6.07) is 9.20. The van der Waals surface area contributed by atoms with Gasteiger partial charge in [0.25, 0.3) is 5.91 Å². The van der Waals surface area contributed by atoms with Crippen LogP contribution in [0.3, 0.4) is 0 Å². The topological polar surface area (TPSA) is 99.5 Å². The summed E-state index contributed by atoms with van der Waals surface area (Å²) in [5.41, 5.74) is 0.709. The van der Waals surface area contributed by atoms with Gasteiger partial charge in [-0.1, -0.05) is 12.0 Å². The van der Waals surface area contributed by atoms with Gasteiger partial charge in [-0.3, -0.25) is 4.79 Å². The Morgan fingerprint density at radius 3 is 2.23 bits per heavy atom. The second-order valence-corrected chi connectivity index (χ2v) is 6.49. The molecule has 0 aliphatic heterocycles. The molecule has 0 spiro atoms. The van der Waals surface area contributed by atoms with E-state index in [1.165, 1.54) is 18.3 Å². The van der Waals surface area contributed by atoms with Gasteiger partial charge in [0.1, 0.15) is 11.5 Å². The van der Waals surface area contributed by atoms with E-state index in [1.807, 2.05) is 0 Å². The lowest BCUT2D eigenvalue weighted by Gasteiger charge is -2.23. The fourth-order valence-corrected chi connectivity index (χ4v) is 1.72. The highest BCUT2D eigenvalue weighted by Crippen LogP contribution is 2.13. The molecular formula is C20H18F4N2O4. The molecule has 10 heteroatoms. The molecule has 1 heterocycles. The number of aliphatic hydroxyl groups is 1. The summed E-state index contributed by atoms with van der Waals surface area (Å²) in [6.45, 7) is 3.28. The Morgan fingerprint density at radius 2 is 1.77 bits per heavy atom. The van der Waals surface area contributed by atoms with E-state index in [-0.39, 0.29) is 18.3 Å². The third-order valence-corrected chi connectivity index (χ3v) is 3.27. The molecule has 0 atom stereocenters. The van der Waals surface area contributed by atoms with Crippen molar-refractivity contribution in [3.8, 4) is 11.8 Å². The van der Waals surface area contributed by atoms with E-state index in [9.17, 15) is 22.4 Å². The average Bonchev–Trinajstić information content (AvgIpc) is 2.66. The number of rotatable bonds is 3. The van der Waals surface area contributed by atoms with Crippen molar-refractivity contribution in [2.45, 2.75) is 25.6 Å². The van der Waals surface area contributed by atoms with Gasteiger partial charge in [0.05, 0.1) is 17.7 Å². The molecule has 0 bridgehead atoms. The van der Waals surface area contributed by atoms with Gasteiger partial charge in [-0.25, -0.2) is 14.2 Å². The molecule has 0 saturated carbocycles. The van der Waals surface area contributed by atoms with E-state index >= 15 is 0 Å². The standard InChI is InChI=1S/C18H17FN2O2.C2HF3O2/c1-18(2,12-22)21-17(23)14-7-9-16(20-11-14)8-6-13-4-3-5-15(19)10-13;3-2(4,5)1(6)7/h3-5,7,9-11,22H,12H2,1-2H3,(H,21,23);(H,6,7). The van der Waals surface area contributed by atoms with Gasteiger partial charge in [0, 0.05) is 11.8 Å². The van der Waals surface area contributed by atoms with Crippen molar-refractivity contribution in [3.63, 3.8) is 0 Å². The van der Waals surface area contributed by atoms with Crippen molar-refractivity contribution in [2.24, 2.45) is 0 Å². The van der Waals surface area contributed by atoms with Crippen LogP contribution in [0.4, 0.5) is 17.6 Å². The van der Waals surface area contributed by atoms with E-state index in [0.717, 1.165) is 0 Å². The van der Waals surface area contributed by atoms with Crippen LogP contribution in [0.15, 0.2) is 42.6 Å². The quantitative estimate of drug-likeness (QED) is 0.518. The fourth-order valence-electron chi connectivity index (χ4n) is 1.72. The number of aliphatic hydroxyl groups excluding tert-OH is 1. The van der Waals surface area contributed by atoms with Gasteiger partial charge < -0.3 is 15.5 Å². The molecule has 0 aliphatic rings. The number of alkyl halides is 3. The summed E-state index contributed by atoms with van der Waals surface area (Å²) in [4.78, 5) is 25.0. The lowest BCUT2D eigenvalue weighted by Crippen LogP contribution is -2.46. The van der Waals surface area contributed by atoms with Gasteiger partial charge in [-0.2, -0.15) is 13.2 Å². The van der Waals surface area contributed by atoms with Gasteiger partial charge in [-0.05, 0) is 50.1 Å². The lowest BCUT2D eigenvalue weighted by atomic mass is 10.1. The van der Waals surface area contributed by atoms with Crippen molar-refractivity contribution in [2.75, 3.05) is 6.61 Å². The first-order valence-corrected chi connectivity index (χ1v) is 8.31. The number of pyridine rings is 1. The van der Waals surface area contributed by atoms with Crippen LogP contribution >= 0.6 is 0 Å². The Morgan fingerprint density at radius 1 is 1.13 bits per heavy atom. The number of hydrogen-bond donors (Lipinski definition) is 3. The van der Waals surface area contributed by atoms with Gasteiger partial charge in [0.15, 0.2) is 0 Å². The Hall–Kier alpha value is -3.45. The van der Waals surface area contributed by atoms with Crippen LogP contribution < -0.4 is 5.32 Å². The first-order valence-electron chi connectivity index (χ1n) is 8.31. The second kappa shape index (κ2) is 10.4. The molecule has 3 N–H and O–H groups in total. The van der Waals surface area contributed by atoms with E-state index in [2.05, 4.69) is 22.1 Å². The summed E-state index contributed by atoms with van der Waals surface area (Å²) in [5, 5.41) is 19.0. The number of benzene rings is 1. The van der Waals surface area contributed by atoms with Gasteiger partial charge >= 0.3 is 12.1 Å². The highest BCUT2D eigenvalue weighted by molar-refractivity contribution is 5.94. The van der Waals surface area contributed by atoms with Crippen molar-refractivity contribution in [1.82, 2.24) is 10.3 Å². The summed E-state index contributed by atoms with van der Waals surface area (Å²) in [5.74, 6) is 2.21. The summed E-state index contributed by atoms with van der Waals surface area (Å²) < 4.78 is 44.8. The molecule has 0 saturated heterocycles. The minimum atomic E-state index is -5.08. The first kappa shape index (κ1) is 24.6. The number of nitrogens with zero attached hydrogens (tertiary/aromatic N) is 1. The molecule has 0 radical (unpaired) electrons. The van der Waals surface area contributed by atoms with Crippen molar-refractivity contribution < 1.29 is 37.4 Å². The number of nitrogens with one attached hydrogen (secondary N) is 1. The third kappa shape index (κ3) is 8.70. The number of amides is 1. The van der Waals surface area contributed by atoms with Crippen LogP contribution in [0.5, 0.6) is 0 Å². The summed E-state index contributed by atoms with van der Waals surface area (Å²) in [7, 11) is 0. The molecule has 2 rings (SSSR count). The molecule has 160 valence electrons. The van der Waals surface area contributed by atoms with Crippen molar-refractivity contribution >= 4 is 11.9 Å². The molecule has 1 aromatic carbocycles. The molecule has 1 amide bonds. The lowest BCUT2D eigenvalue weighted by molar-refractivity contribution is -0.192. The Labute approximate surface area is 169 Å². The number of carboxylic acid groups (broad SMARTS) is 1. The third-order valence-electron chi connectivity index (χ3n) is 3.27. The SMILES string of the molecule is CC(C)(CO)NC(=O)c1ccc(C#Cc2cccc(F)c2)nc1.O=C(O)C(F)(F)F. The number of halogens is 4. The van der Waals surface area contributed by atoms with Crippen LogP contribution in [-0.4, -0.2) is 45.4 Å². The second-order valence-electron chi connectivity index (χ2n) is 6.49. The molecule has 2 aromatic rings. The predicted molar refractivity (Wildman–Crippen MR) is 98.9 cm³/mol. The van der Waals surface area contributed by atoms with E-state index < -0.39 is 17.7 Å². The highest BCUT2D eigenvalue weighted by atomic mass is 19.4. The maximum Gasteiger partial charge on any atom is 0.490 e. The van der Waals surface area contributed by atoms with Crippen LogP contribution in [0.1, 0.15) is 35.5 Å². The van der Waals surface area contributed by atoms with Gasteiger partial charge in [-0.15, -0.1) is 0 Å². The minimum Gasteiger partial charge on any atom is -0.475 e. The molecule has 0 aliphatic carbocycles.